The molecule has 0 saturated heterocycles. The number of nitrogen functional groups attached to an aromatic ring is 1. The van der Waals surface area contributed by atoms with Crippen LogP contribution in [-0.4, -0.2) is 10.2 Å². The number of anilines is 1. The number of hydrogen-bond donors (Lipinski definition) is 1. The van der Waals surface area contributed by atoms with Crippen LogP contribution in [0.15, 0.2) is 29.8 Å². The standard InChI is InChI=1S/C14H15N3S/c15-11-3-1-2-10(6-11)14(12-17-16-9-18-12)7-13(8-14)4-5-13/h1-3,6,9H,4-5,7-8,15H2. The van der Waals surface area contributed by atoms with Crippen LogP contribution >= 0.6 is 11.3 Å². The van der Waals surface area contributed by atoms with E-state index in [0.717, 1.165) is 10.7 Å². The van der Waals surface area contributed by atoms with Crippen molar-refractivity contribution >= 4 is 17.0 Å². The maximum atomic E-state index is 5.94. The van der Waals surface area contributed by atoms with Crippen LogP contribution < -0.4 is 5.73 Å². The fourth-order valence-corrected chi connectivity index (χ4v) is 4.23. The number of nitrogens with two attached hydrogens (primary N) is 1. The van der Waals surface area contributed by atoms with Gasteiger partial charge in [-0.1, -0.05) is 12.1 Å². The summed E-state index contributed by atoms with van der Waals surface area (Å²) in [6.45, 7) is 0. The topological polar surface area (TPSA) is 51.8 Å². The summed E-state index contributed by atoms with van der Waals surface area (Å²) in [6, 6.07) is 8.29. The Labute approximate surface area is 110 Å². The maximum Gasteiger partial charge on any atom is 0.127 e. The van der Waals surface area contributed by atoms with Crippen molar-refractivity contribution in [2.45, 2.75) is 31.1 Å². The first-order valence-electron chi connectivity index (χ1n) is 6.35. The van der Waals surface area contributed by atoms with E-state index in [1.807, 2.05) is 17.6 Å². The molecule has 4 heteroatoms. The lowest BCUT2D eigenvalue weighted by atomic mass is 9.56. The molecule has 0 unspecified atom stereocenters. The molecule has 0 aliphatic heterocycles. The Morgan fingerprint density at radius 2 is 2.06 bits per heavy atom. The van der Waals surface area contributed by atoms with Crippen LogP contribution in [0.1, 0.15) is 36.3 Å². The third-order valence-corrected chi connectivity index (χ3v) is 5.41. The van der Waals surface area contributed by atoms with Gasteiger partial charge in [-0.3, -0.25) is 0 Å². The molecule has 2 aliphatic carbocycles. The summed E-state index contributed by atoms with van der Waals surface area (Å²) < 4.78 is 0. The lowest BCUT2D eigenvalue weighted by Crippen LogP contribution is -2.43. The zero-order chi connectivity index (χ0) is 12.2. The molecule has 0 bridgehead atoms. The number of hydrogen-bond acceptors (Lipinski definition) is 4. The molecule has 0 atom stereocenters. The smallest absolute Gasteiger partial charge is 0.127 e. The zero-order valence-corrected chi connectivity index (χ0v) is 10.9. The summed E-state index contributed by atoms with van der Waals surface area (Å²) in [5.74, 6) is 0. The summed E-state index contributed by atoms with van der Waals surface area (Å²) in [5, 5.41) is 9.52. The van der Waals surface area contributed by atoms with Crippen LogP contribution in [0.3, 0.4) is 0 Å². The lowest BCUT2D eigenvalue weighted by Gasteiger charge is -2.47. The van der Waals surface area contributed by atoms with Crippen LogP contribution in [-0.2, 0) is 5.41 Å². The molecule has 0 radical (unpaired) electrons. The van der Waals surface area contributed by atoms with Crippen LogP contribution in [0.4, 0.5) is 5.69 Å². The fourth-order valence-electron chi connectivity index (χ4n) is 3.46. The van der Waals surface area contributed by atoms with E-state index in [2.05, 4.69) is 22.3 Å². The Bertz CT molecular complexity index is 579. The first-order valence-corrected chi connectivity index (χ1v) is 7.23. The van der Waals surface area contributed by atoms with Crippen molar-refractivity contribution in [2.75, 3.05) is 5.73 Å². The van der Waals surface area contributed by atoms with Crippen molar-refractivity contribution in [1.82, 2.24) is 10.2 Å². The Balaban J connectivity index is 1.81. The predicted molar refractivity (Wildman–Crippen MR) is 72.4 cm³/mol. The Morgan fingerprint density at radius 1 is 1.22 bits per heavy atom. The van der Waals surface area contributed by atoms with E-state index in [0.29, 0.717) is 5.41 Å². The normalized spacial score (nSPS) is 22.7. The molecule has 1 aromatic carbocycles. The second kappa shape index (κ2) is 3.32. The monoisotopic (exact) mass is 257 g/mol. The maximum absolute atomic E-state index is 5.94. The van der Waals surface area contributed by atoms with E-state index >= 15 is 0 Å². The molecular formula is C14H15N3S. The van der Waals surface area contributed by atoms with Crippen molar-refractivity contribution in [3.05, 3.63) is 40.3 Å². The summed E-state index contributed by atoms with van der Waals surface area (Å²) in [6.07, 6.45) is 5.21. The summed E-state index contributed by atoms with van der Waals surface area (Å²) in [5.41, 5.74) is 10.6. The van der Waals surface area contributed by atoms with Gasteiger partial charge in [0.25, 0.3) is 0 Å². The second-order valence-electron chi connectivity index (χ2n) is 5.81. The van der Waals surface area contributed by atoms with Crippen molar-refractivity contribution in [3.8, 4) is 0 Å². The summed E-state index contributed by atoms with van der Waals surface area (Å²) in [4.78, 5) is 0. The average molecular weight is 257 g/mol. The lowest BCUT2D eigenvalue weighted by molar-refractivity contribution is 0.157. The first kappa shape index (κ1) is 10.5. The molecular weight excluding hydrogens is 242 g/mol. The van der Waals surface area contributed by atoms with Gasteiger partial charge < -0.3 is 5.73 Å². The Kier molecular flexibility index (Phi) is 1.94. The molecule has 92 valence electrons. The first-order chi connectivity index (χ1) is 8.73. The minimum absolute atomic E-state index is 0.0903. The molecule has 1 aromatic heterocycles. The average Bonchev–Trinajstić information content (AvgIpc) is 2.92. The highest BCUT2D eigenvalue weighted by Crippen LogP contribution is 2.70. The van der Waals surface area contributed by atoms with Gasteiger partial charge in [0.05, 0.1) is 5.41 Å². The second-order valence-corrected chi connectivity index (χ2v) is 6.64. The van der Waals surface area contributed by atoms with E-state index in [4.69, 9.17) is 5.73 Å². The van der Waals surface area contributed by atoms with Crippen molar-refractivity contribution < 1.29 is 0 Å². The molecule has 1 heterocycles. The van der Waals surface area contributed by atoms with Crippen LogP contribution in [0.5, 0.6) is 0 Å². The minimum Gasteiger partial charge on any atom is -0.399 e. The molecule has 0 amide bonds. The molecule has 1 spiro atoms. The third-order valence-electron chi connectivity index (χ3n) is 4.52. The van der Waals surface area contributed by atoms with Gasteiger partial charge in [-0.25, -0.2) is 0 Å². The summed E-state index contributed by atoms with van der Waals surface area (Å²) >= 11 is 1.67. The van der Waals surface area contributed by atoms with Gasteiger partial charge in [-0.2, -0.15) is 0 Å². The van der Waals surface area contributed by atoms with Gasteiger partial charge in [0.15, 0.2) is 0 Å². The van der Waals surface area contributed by atoms with Gasteiger partial charge in [0, 0.05) is 5.69 Å². The van der Waals surface area contributed by atoms with Gasteiger partial charge >= 0.3 is 0 Å². The van der Waals surface area contributed by atoms with E-state index < -0.39 is 0 Å². The zero-order valence-electron chi connectivity index (χ0n) is 10.1. The highest BCUT2D eigenvalue weighted by molar-refractivity contribution is 7.09. The van der Waals surface area contributed by atoms with E-state index in [1.54, 1.807) is 11.3 Å². The van der Waals surface area contributed by atoms with Crippen molar-refractivity contribution in [2.24, 2.45) is 5.41 Å². The Hall–Kier alpha value is -1.42. The van der Waals surface area contributed by atoms with Gasteiger partial charge in [-0.05, 0) is 48.8 Å². The molecule has 2 N–H and O–H groups in total. The number of rotatable bonds is 2. The highest BCUT2D eigenvalue weighted by Gasteiger charge is 2.63. The molecule has 4 rings (SSSR count). The fraction of sp³-hybridized carbons (Fsp3) is 0.429. The molecule has 2 fully saturated rings. The highest BCUT2D eigenvalue weighted by atomic mass is 32.1. The van der Waals surface area contributed by atoms with Crippen molar-refractivity contribution in [3.63, 3.8) is 0 Å². The largest absolute Gasteiger partial charge is 0.399 e. The molecule has 2 aliphatic rings. The molecule has 2 saturated carbocycles. The minimum atomic E-state index is 0.0903. The number of benzene rings is 1. The van der Waals surface area contributed by atoms with Gasteiger partial charge in [0.2, 0.25) is 0 Å². The van der Waals surface area contributed by atoms with E-state index in [-0.39, 0.29) is 5.41 Å². The van der Waals surface area contributed by atoms with Crippen molar-refractivity contribution in [1.29, 1.82) is 0 Å². The third kappa shape index (κ3) is 1.35. The quantitative estimate of drug-likeness (QED) is 0.841. The Morgan fingerprint density at radius 3 is 2.67 bits per heavy atom. The molecule has 3 nitrogen and oxygen atoms in total. The molecule has 2 aromatic rings. The van der Waals surface area contributed by atoms with E-state index in [9.17, 15) is 0 Å². The van der Waals surface area contributed by atoms with Crippen LogP contribution in [0.2, 0.25) is 0 Å². The molecule has 18 heavy (non-hydrogen) atoms. The van der Waals surface area contributed by atoms with Crippen LogP contribution in [0.25, 0.3) is 0 Å². The predicted octanol–water partition coefficient (Wildman–Crippen LogP) is 2.98. The van der Waals surface area contributed by atoms with E-state index in [1.165, 1.54) is 31.2 Å². The van der Waals surface area contributed by atoms with Crippen LogP contribution in [0, 0.1) is 5.41 Å². The number of aromatic nitrogens is 2. The van der Waals surface area contributed by atoms with Gasteiger partial charge in [-0.15, -0.1) is 21.5 Å². The number of nitrogens with zero attached hydrogens (tertiary/aromatic N) is 2. The SMILES string of the molecule is Nc1cccc(C2(c3nncs3)CC3(CC3)C2)c1. The summed E-state index contributed by atoms with van der Waals surface area (Å²) in [7, 11) is 0. The van der Waals surface area contributed by atoms with Gasteiger partial charge in [0.1, 0.15) is 10.5 Å².